The predicted molar refractivity (Wildman–Crippen MR) is 82.3 cm³/mol. The first-order valence-corrected chi connectivity index (χ1v) is 7.27. The first-order valence-electron chi connectivity index (χ1n) is 7.27. The molecule has 0 saturated heterocycles. The van der Waals surface area contributed by atoms with Crippen molar-refractivity contribution < 1.29 is 29.0 Å². The Hall–Kier alpha value is -2.41. The van der Waals surface area contributed by atoms with Gasteiger partial charge in [-0.1, -0.05) is 6.07 Å². The van der Waals surface area contributed by atoms with Gasteiger partial charge in [0.1, 0.15) is 0 Å². The molecule has 1 amide bonds. The van der Waals surface area contributed by atoms with Crippen LogP contribution < -0.4 is 14.8 Å². The second kappa shape index (κ2) is 8.89. The van der Waals surface area contributed by atoms with Crippen LogP contribution in [0, 0.1) is 0 Å². The number of ether oxygens (including phenoxy) is 2. The molecule has 0 bridgehead atoms. The summed E-state index contributed by atoms with van der Waals surface area (Å²) in [5.41, 5.74) is 0.0935. The van der Waals surface area contributed by atoms with Gasteiger partial charge in [-0.2, -0.15) is 0 Å². The van der Waals surface area contributed by atoms with Gasteiger partial charge in [0, 0.05) is 20.4 Å². The topological polar surface area (TPSA) is 102 Å². The quantitative estimate of drug-likeness (QED) is 0.447. The highest BCUT2D eigenvalue weighted by atomic mass is 16.6. The predicted octanol–water partition coefficient (Wildman–Crippen LogP) is 1.43. The third-order valence-electron chi connectivity index (χ3n) is 2.81. The van der Waals surface area contributed by atoms with Crippen LogP contribution in [0.2, 0.25) is 0 Å². The number of carbonyl (C=O) groups is 3. The van der Waals surface area contributed by atoms with Gasteiger partial charge < -0.3 is 19.9 Å². The van der Waals surface area contributed by atoms with Gasteiger partial charge in [-0.15, -0.1) is 0 Å². The van der Waals surface area contributed by atoms with Crippen LogP contribution in [0.15, 0.2) is 18.2 Å². The average molecular weight is 323 g/mol. The van der Waals surface area contributed by atoms with E-state index in [2.05, 4.69) is 5.32 Å². The molecule has 0 aromatic heterocycles. The highest BCUT2D eigenvalue weighted by Gasteiger charge is 2.19. The molecule has 0 fully saturated rings. The Kier molecular flexibility index (Phi) is 7.21. The Morgan fingerprint density at radius 2 is 1.83 bits per heavy atom. The van der Waals surface area contributed by atoms with Gasteiger partial charge in [0.05, 0.1) is 11.7 Å². The zero-order chi connectivity index (χ0) is 17.4. The van der Waals surface area contributed by atoms with E-state index in [4.69, 9.17) is 9.47 Å². The fourth-order valence-electron chi connectivity index (χ4n) is 1.87. The molecular weight excluding hydrogens is 302 g/mol. The van der Waals surface area contributed by atoms with Crippen molar-refractivity contribution in [2.45, 2.75) is 39.7 Å². The van der Waals surface area contributed by atoms with Crippen LogP contribution in [0.4, 0.5) is 0 Å². The molecule has 1 unspecified atom stereocenters. The Balaban J connectivity index is 2.92. The summed E-state index contributed by atoms with van der Waals surface area (Å²) in [5, 5.41) is 11.8. The minimum atomic E-state index is -0.632. The van der Waals surface area contributed by atoms with Crippen molar-refractivity contribution in [2.75, 3.05) is 6.54 Å². The lowest BCUT2D eigenvalue weighted by Gasteiger charge is -2.13. The zero-order valence-corrected chi connectivity index (χ0v) is 13.4. The lowest BCUT2D eigenvalue weighted by Crippen LogP contribution is -2.26. The number of esters is 2. The van der Waals surface area contributed by atoms with E-state index in [-0.39, 0.29) is 17.1 Å². The smallest absolute Gasteiger partial charge is 0.308 e. The number of hydrogen-bond acceptors (Lipinski definition) is 6. The van der Waals surface area contributed by atoms with Gasteiger partial charge in [0.15, 0.2) is 11.5 Å². The minimum absolute atomic E-state index is 0.00401. The van der Waals surface area contributed by atoms with Crippen LogP contribution in [0.1, 0.15) is 44.0 Å². The summed E-state index contributed by atoms with van der Waals surface area (Å²) in [6.45, 7) is 4.43. The molecule has 1 rings (SSSR count). The molecule has 126 valence electrons. The Morgan fingerprint density at radius 1 is 1.17 bits per heavy atom. The highest BCUT2D eigenvalue weighted by molar-refractivity contribution is 5.98. The van der Waals surface area contributed by atoms with Gasteiger partial charge in [0.2, 0.25) is 0 Å². The number of para-hydroxylation sites is 1. The number of carbonyl (C=O) groups excluding carboxylic acids is 3. The van der Waals surface area contributed by atoms with Gasteiger partial charge in [-0.05, 0) is 31.9 Å². The number of nitrogens with one attached hydrogen (secondary N) is 1. The van der Waals surface area contributed by atoms with Crippen molar-refractivity contribution in [3.63, 3.8) is 0 Å². The molecule has 0 radical (unpaired) electrons. The first kappa shape index (κ1) is 18.6. The van der Waals surface area contributed by atoms with Crippen molar-refractivity contribution in [1.82, 2.24) is 5.32 Å². The van der Waals surface area contributed by atoms with E-state index < -0.39 is 23.9 Å². The molecule has 7 nitrogen and oxygen atoms in total. The molecule has 2 N–H and O–H groups in total. The van der Waals surface area contributed by atoms with E-state index in [1.165, 1.54) is 32.0 Å². The van der Waals surface area contributed by atoms with Crippen molar-refractivity contribution in [2.24, 2.45) is 0 Å². The average Bonchev–Trinajstić information content (AvgIpc) is 2.44. The normalized spacial score (nSPS) is 11.5. The maximum atomic E-state index is 12.2. The number of amides is 1. The fourth-order valence-corrected chi connectivity index (χ4v) is 1.87. The number of aliphatic hydroxyl groups excluding tert-OH is 1. The van der Waals surface area contributed by atoms with Gasteiger partial charge in [-0.3, -0.25) is 14.4 Å². The van der Waals surface area contributed by atoms with E-state index in [9.17, 15) is 19.5 Å². The van der Waals surface area contributed by atoms with Crippen LogP contribution in [0.3, 0.4) is 0 Å². The molecule has 1 atom stereocenters. The zero-order valence-electron chi connectivity index (χ0n) is 13.4. The first-order chi connectivity index (χ1) is 10.8. The summed E-state index contributed by atoms with van der Waals surface area (Å²) < 4.78 is 9.99. The molecule has 7 heteroatoms. The minimum Gasteiger partial charge on any atom is -0.423 e. The summed E-state index contributed by atoms with van der Waals surface area (Å²) in [6, 6.07) is 4.43. The summed E-state index contributed by atoms with van der Waals surface area (Å²) in [5.74, 6) is -1.77. The summed E-state index contributed by atoms with van der Waals surface area (Å²) in [4.78, 5) is 34.6. The maximum Gasteiger partial charge on any atom is 0.308 e. The molecule has 1 aromatic carbocycles. The fraction of sp³-hybridized carbons (Fsp3) is 0.438. The maximum absolute atomic E-state index is 12.2. The number of rotatable bonds is 7. The number of hydrogen-bond donors (Lipinski definition) is 2. The van der Waals surface area contributed by atoms with Crippen molar-refractivity contribution >= 4 is 17.8 Å². The van der Waals surface area contributed by atoms with E-state index in [0.717, 1.165) is 0 Å². The Bertz CT molecular complexity index is 582. The molecular formula is C16H21NO6. The lowest BCUT2D eigenvalue weighted by atomic mass is 10.1. The van der Waals surface area contributed by atoms with Crippen LogP contribution in [0.25, 0.3) is 0 Å². The van der Waals surface area contributed by atoms with Crippen molar-refractivity contribution in [3.8, 4) is 11.5 Å². The monoisotopic (exact) mass is 323 g/mol. The van der Waals surface area contributed by atoms with Crippen LogP contribution >= 0.6 is 0 Å². The van der Waals surface area contributed by atoms with E-state index in [1.807, 2.05) is 0 Å². The van der Waals surface area contributed by atoms with Gasteiger partial charge >= 0.3 is 11.9 Å². The number of benzene rings is 1. The Morgan fingerprint density at radius 3 is 2.39 bits per heavy atom. The molecule has 0 spiro atoms. The molecule has 0 aliphatic heterocycles. The second-order valence-electron chi connectivity index (χ2n) is 5.07. The highest BCUT2D eigenvalue weighted by Crippen LogP contribution is 2.31. The summed E-state index contributed by atoms with van der Waals surface area (Å²) in [7, 11) is 0. The van der Waals surface area contributed by atoms with E-state index in [1.54, 1.807) is 6.92 Å². The standard InChI is InChI=1S/C16H21NO6/c1-10(18)6-5-9-17-16(21)13-7-4-8-14(22-11(2)19)15(13)23-12(3)20/h4,7-8,10,18H,5-6,9H2,1-3H3,(H,17,21). The molecule has 23 heavy (non-hydrogen) atoms. The molecule has 1 aromatic rings. The van der Waals surface area contributed by atoms with E-state index in [0.29, 0.717) is 19.4 Å². The lowest BCUT2D eigenvalue weighted by molar-refractivity contribution is -0.134. The summed E-state index contributed by atoms with van der Waals surface area (Å²) in [6.07, 6.45) is 0.733. The van der Waals surface area contributed by atoms with Crippen LogP contribution in [0.5, 0.6) is 11.5 Å². The SMILES string of the molecule is CC(=O)Oc1cccc(C(=O)NCCCC(C)O)c1OC(C)=O. The van der Waals surface area contributed by atoms with Crippen molar-refractivity contribution in [1.29, 1.82) is 0 Å². The third-order valence-corrected chi connectivity index (χ3v) is 2.81. The van der Waals surface area contributed by atoms with Crippen LogP contribution in [-0.2, 0) is 9.59 Å². The molecule has 0 aliphatic rings. The van der Waals surface area contributed by atoms with E-state index >= 15 is 0 Å². The molecule has 0 heterocycles. The third kappa shape index (κ3) is 6.48. The van der Waals surface area contributed by atoms with Gasteiger partial charge in [0.25, 0.3) is 5.91 Å². The summed E-state index contributed by atoms with van der Waals surface area (Å²) >= 11 is 0. The Labute approximate surface area is 134 Å². The largest absolute Gasteiger partial charge is 0.423 e. The molecule has 0 saturated carbocycles. The van der Waals surface area contributed by atoms with Crippen molar-refractivity contribution in [3.05, 3.63) is 23.8 Å². The number of aliphatic hydroxyl groups is 1. The van der Waals surface area contributed by atoms with Crippen LogP contribution in [-0.4, -0.2) is 35.6 Å². The molecule has 0 aliphatic carbocycles. The second-order valence-corrected chi connectivity index (χ2v) is 5.07. The van der Waals surface area contributed by atoms with Gasteiger partial charge in [-0.25, -0.2) is 0 Å².